The van der Waals surface area contributed by atoms with Crippen LogP contribution >= 0.6 is 0 Å². The lowest BCUT2D eigenvalue weighted by Gasteiger charge is -2.40. The number of nitrogens with zero attached hydrogens (tertiary/aromatic N) is 2. The largest absolute Gasteiger partial charge is 0.343 e. The summed E-state index contributed by atoms with van der Waals surface area (Å²) in [7, 11) is 0. The molecule has 1 heterocycles. The Hall–Kier alpha value is -2.49. The molecule has 0 N–H and O–H groups in total. The van der Waals surface area contributed by atoms with Crippen molar-refractivity contribution < 1.29 is 9.18 Å². The summed E-state index contributed by atoms with van der Waals surface area (Å²) in [6.45, 7) is 19.9. The maximum absolute atomic E-state index is 13.9. The van der Waals surface area contributed by atoms with Crippen LogP contribution in [-0.4, -0.2) is 23.9 Å². The van der Waals surface area contributed by atoms with E-state index in [4.69, 9.17) is 0 Å². The molecule has 0 amide bonds. The van der Waals surface area contributed by atoms with Gasteiger partial charge in [0.1, 0.15) is 5.83 Å². The molecule has 2 aliphatic rings. The first-order valence-electron chi connectivity index (χ1n) is 9.56. The SMILES string of the molecule is C=NC1=C(N2C=CC=C(F)C2)CC(C(C)(C)C)C(/C=C(\C(=C)C)C(C)=O)=C1C. The predicted molar refractivity (Wildman–Crippen MR) is 115 cm³/mol. The molecule has 1 aliphatic heterocycles. The monoisotopic (exact) mass is 382 g/mol. The van der Waals surface area contributed by atoms with Crippen molar-refractivity contribution >= 4 is 12.5 Å². The molecule has 28 heavy (non-hydrogen) atoms. The maximum atomic E-state index is 13.9. The fraction of sp³-hybridized carbons (Fsp3) is 0.417. The van der Waals surface area contributed by atoms with E-state index in [1.807, 2.05) is 31.0 Å². The van der Waals surface area contributed by atoms with Gasteiger partial charge >= 0.3 is 0 Å². The third-order valence-corrected chi connectivity index (χ3v) is 5.39. The molecular formula is C24H31FN2O. The van der Waals surface area contributed by atoms with Gasteiger partial charge in [0.05, 0.1) is 12.2 Å². The van der Waals surface area contributed by atoms with Crippen LogP contribution in [-0.2, 0) is 4.79 Å². The molecule has 0 aromatic rings. The minimum absolute atomic E-state index is 0.00507. The quantitative estimate of drug-likeness (QED) is 0.329. The van der Waals surface area contributed by atoms with Gasteiger partial charge < -0.3 is 4.90 Å². The lowest BCUT2D eigenvalue weighted by molar-refractivity contribution is -0.113. The highest BCUT2D eigenvalue weighted by molar-refractivity contribution is 5.98. The molecule has 0 bridgehead atoms. The summed E-state index contributed by atoms with van der Waals surface area (Å²) < 4.78 is 13.9. The Morgan fingerprint density at radius 2 is 2.00 bits per heavy atom. The van der Waals surface area contributed by atoms with E-state index in [1.165, 1.54) is 6.08 Å². The number of carbonyl (C=O) groups is 1. The van der Waals surface area contributed by atoms with Gasteiger partial charge in [-0.15, -0.1) is 0 Å². The molecule has 0 fully saturated rings. The van der Waals surface area contributed by atoms with E-state index in [-0.39, 0.29) is 29.5 Å². The molecule has 4 heteroatoms. The topological polar surface area (TPSA) is 32.7 Å². The lowest BCUT2D eigenvalue weighted by Crippen LogP contribution is -2.32. The van der Waals surface area contributed by atoms with Gasteiger partial charge in [-0.1, -0.05) is 27.4 Å². The molecule has 1 aliphatic carbocycles. The van der Waals surface area contributed by atoms with Gasteiger partial charge in [0.2, 0.25) is 0 Å². The second kappa shape index (κ2) is 8.26. The van der Waals surface area contributed by atoms with Gasteiger partial charge in [-0.3, -0.25) is 9.79 Å². The van der Waals surface area contributed by atoms with Crippen LogP contribution in [0.3, 0.4) is 0 Å². The summed E-state index contributed by atoms with van der Waals surface area (Å²) >= 11 is 0. The van der Waals surface area contributed by atoms with Gasteiger partial charge in [0, 0.05) is 17.5 Å². The smallest absolute Gasteiger partial charge is 0.160 e. The molecule has 1 unspecified atom stereocenters. The zero-order chi connectivity index (χ0) is 21.2. The number of halogens is 1. The van der Waals surface area contributed by atoms with Crippen molar-refractivity contribution in [2.45, 2.75) is 48.0 Å². The first-order valence-corrected chi connectivity index (χ1v) is 9.56. The van der Waals surface area contributed by atoms with Crippen molar-refractivity contribution in [1.29, 1.82) is 0 Å². The van der Waals surface area contributed by atoms with Gasteiger partial charge in [-0.2, -0.15) is 0 Å². The van der Waals surface area contributed by atoms with Crippen molar-refractivity contribution in [1.82, 2.24) is 4.90 Å². The second-order valence-electron chi connectivity index (χ2n) is 8.63. The molecule has 0 aromatic heterocycles. The number of hydrogen-bond donors (Lipinski definition) is 0. The zero-order valence-electron chi connectivity index (χ0n) is 17.9. The third kappa shape index (κ3) is 4.49. The Morgan fingerprint density at radius 1 is 1.36 bits per heavy atom. The standard InChI is InChI=1S/C24H31FN2O/c1-15(2)19(17(4)28)12-20-16(3)23(26-8)22(13-21(20)24(5,6)7)27-11-9-10-18(25)14-27/h9-12,21H,1,8,13-14H2,2-7H3/b19-12+. The predicted octanol–water partition coefficient (Wildman–Crippen LogP) is 6.06. The fourth-order valence-electron chi connectivity index (χ4n) is 3.84. The second-order valence-corrected chi connectivity index (χ2v) is 8.63. The van der Waals surface area contributed by atoms with Gasteiger partial charge in [-0.05, 0) is 80.2 Å². The number of aliphatic imine (C=N–C) groups is 1. The molecule has 0 saturated heterocycles. The number of allylic oxidation sites excluding steroid dienone is 8. The van der Waals surface area contributed by atoms with Crippen molar-refractivity contribution in [2.24, 2.45) is 16.3 Å². The summed E-state index contributed by atoms with van der Waals surface area (Å²) in [5.41, 5.74) is 5.08. The Kier molecular flexibility index (Phi) is 6.43. The van der Waals surface area contributed by atoms with Crippen LogP contribution in [0.25, 0.3) is 0 Å². The summed E-state index contributed by atoms with van der Waals surface area (Å²) in [4.78, 5) is 18.4. The molecule has 0 aromatic carbocycles. The zero-order valence-corrected chi connectivity index (χ0v) is 17.9. The molecule has 0 spiro atoms. The maximum Gasteiger partial charge on any atom is 0.160 e. The lowest BCUT2D eigenvalue weighted by atomic mass is 9.69. The average Bonchev–Trinajstić information content (AvgIpc) is 2.58. The van der Waals surface area contributed by atoms with Gasteiger partial charge in [0.25, 0.3) is 0 Å². The Labute approximate surface area is 168 Å². The molecular weight excluding hydrogens is 351 g/mol. The minimum Gasteiger partial charge on any atom is -0.343 e. The summed E-state index contributed by atoms with van der Waals surface area (Å²) in [6.07, 6.45) is 7.73. The number of Topliss-reactive ketones (excluding diaryl/α,β-unsaturated/α-hetero) is 1. The van der Waals surface area contributed by atoms with E-state index in [0.29, 0.717) is 12.0 Å². The molecule has 3 nitrogen and oxygen atoms in total. The highest BCUT2D eigenvalue weighted by Crippen LogP contribution is 2.46. The average molecular weight is 383 g/mol. The van der Waals surface area contributed by atoms with Crippen LogP contribution in [0, 0.1) is 11.3 Å². The molecule has 0 radical (unpaired) electrons. The van der Waals surface area contributed by atoms with E-state index in [1.54, 1.807) is 13.0 Å². The van der Waals surface area contributed by atoms with E-state index in [9.17, 15) is 9.18 Å². The van der Waals surface area contributed by atoms with E-state index in [0.717, 1.165) is 28.1 Å². The van der Waals surface area contributed by atoms with Crippen LogP contribution in [0.5, 0.6) is 0 Å². The normalized spacial score (nSPS) is 21.1. The third-order valence-electron chi connectivity index (χ3n) is 5.39. The van der Waals surface area contributed by atoms with Crippen molar-refractivity contribution in [2.75, 3.05) is 6.54 Å². The highest BCUT2D eigenvalue weighted by atomic mass is 19.1. The Morgan fingerprint density at radius 3 is 2.46 bits per heavy atom. The number of carbonyl (C=O) groups excluding carboxylic acids is 1. The van der Waals surface area contributed by atoms with Crippen LogP contribution in [0.2, 0.25) is 0 Å². The van der Waals surface area contributed by atoms with E-state index >= 15 is 0 Å². The molecule has 2 rings (SSSR count). The van der Waals surface area contributed by atoms with E-state index in [2.05, 4.69) is 39.1 Å². The van der Waals surface area contributed by atoms with Crippen LogP contribution < -0.4 is 0 Å². The van der Waals surface area contributed by atoms with Crippen molar-refractivity contribution in [3.05, 3.63) is 70.5 Å². The van der Waals surface area contributed by atoms with Gasteiger partial charge in [0.15, 0.2) is 5.78 Å². The Balaban J connectivity index is 2.70. The molecule has 150 valence electrons. The Bertz CT molecular complexity index is 844. The fourth-order valence-corrected chi connectivity index (χ4v) is 3.84. The first-order chi connectivity index (χ1) is 13.0. The molecule has 1 atom stereocenters. The van der Waals surface area contributed by atoms with Crippen LogP contribution in [0.1, 0.15) is 48.0 Å². The van der Waals surface area contributed by atoms with Crippen molar-refractivity contribution in [3.8, 4) is 0 Å². The number of hydrogen-bond acceptors (Lipinski definition) is 3. The van der Waals surface area contributed by atoms with Crippen LogP contribution in [0.4, 0.5) is 4.39 Å². The summed E-state index contributed by atoms with van der Waals surface area (Å²) in [5, 5.41) is 0. The summed E-state index contributed by atoms with van der Waals surface area (Å²) in [6, 6.07) is 0. The summed E-state index contributed by atoms with van der Waals surface area (Å²) in [5.74, 6) is -0.0437. The van der Waals surface area contributed by atoms with Crippen molar-refractivity contribution in [3.63, 3.8) is 0 Å². The first kappa shape index (κ1) is 21.8. The van der Waals surface area contributed by atoms with Crippen LogP contribution in [0.15, 0.2) is 75.5 Å². The van der Waals surface area contributed by atoms with Gasteiger partial charge in [-0.25, -0.2) is 4.39 Å². The minimum atomic E-state index is -0.181. The number of rotatable bonds is 5. The molecule has 0 saturated carbocycles. The highest BCUT2D eigenvalue weighted by Gasteiger charge is 2.36. The van der Waals surface area contributed by atoms with E-state index < -0.39 is 0 Å². The number of ketones is 1.